The zero-order valence-electron chi connectivity index (χ0n) is 21.9. The normalized spacial score (nSPS) is 35.8. The van der Waals surface area contributed by atoms with Crippen molar-refractivity contribution in [3.05, 3.63) is 0 Å². The van der Waals surface area contributed by atoms with Crippen molar-refractivity contribution in [2.75, 3.05) is 13.7 Å². The Balaban J connectivity index is 1.96. The van der Waals surface area contributed by atoms with Crippen molar-refractivity contribution < 1.29 is 66.7 Å². The molecule has 14 heteroatoms. The maximum absolute atomic E-state index is 13.2. The number of ketones is 1. The Kier molecular flexibility index (Phi) is 9.44. The molecule has 38 heavy (non-hydrogen) atoms. The zero-order chi connectivity index (χ0) is 28.3. The number of rotatable bonds is 9. The third kappa shape index (κ3) is 6.48. The van der Waals surface area contributed by atoms with Gasteiger partial charge >= 0.3 is 29.8 Å². The van der Waals surface area contributed by atoms with E-state index in [1.807, 2.05) is 0 Å². The van der Waals surface area contributed by atoms with Crippen molar-refractivity contribution in [1.82, 2.24) is 0 Å². The number of esters is 5. The van der Waals surface area contributed by atoms with Crippen molar-refractivity contribution in [1.29, 1.82) is 0 Å². The summed E-state index contributed by atoms with van der Waals surface area (Å²) in [5, 5.41) is 0. The Morgan fingerprint density at radius 2 is 1.16 bits per heavy atom. The second-order valence-electron chi connectivity index (χ2n) is 9.28. The molecule has 0 amide bonds. The van der Waals surface area contributed by atoms with Crippen LogP contribution in [0, 0.1) is 5.92 Å². The van der Waals surface area contributed by atoms with Gasteiger partial charge in [-0.15, -0.1) is 0 Å². The number of ether oxygens (including phenoxy) is 8. The van der Waals surface area contributed by atoms with Crippen molar-refractivity contribution in [3.63, 3.8) is 0 Å². The van der Waals surface area contributed by atoms with E-state index in [0.29, 0.717) is 0 Å². The van der Waals surface area contributed by atoms with Crippen molar-refractivity contribution in [2.24, 2.45) is 5.92 Å². The highest BCUT2D eigenvalue weighted by Crippen LogP contribution is 2.43. The van der Waals surface area contributed by atoms with Gasteiger partial charge in [-0.2, -0.15) is 0 Å². The van der Waals surface area contributed by atoms with Crippen LogP contribution in [0.2, 0.25) is 0 Å². The van der Waals surface area contributed by atoms with Gasteiger partial charge in [-0.1, -0.05) is 0 Å². The molecule has 3 aliphatic rings. The Morgan fingerprint density at radius 3 is 1.66 bits per heavy atom. The highest BCUT2D eigenvalue weighted by molar-refractivity contribution is 5.90. The topological polar surface area (TPSA) is 176 Å². The Labute approximate surface area is 218 Å². The second kappa shape index (κ2) is 12.2. The van der Waals surface area contributed by atoms with Gasteiger partial charge in [0.25, 0.3) is 0 Å². The van der Waals surface area contributed by atoms with Gasteiger partial charge < -0.3 is 37.9 Å². The van der Waals surface area contributed by atoms with E-state index in [4.69, 9.17) is 37.9 Å². The average Bonchev–Trinajstić information content (AvgIpc) is 3.30. The molecule has 3 aliphatic heterocycles. The molecule has 0 aromatic carbocycles. The average molecular weight is 545 g/mol. The number of Topliss-reactive ketones (excluding diaryl/α,β-unsaturated/α-hetero) is 1. The van der Waals surface area contributed by atoms with Crippen LogP contribution in [0.3, 0.4) is 0 Å². The van der Waals surface area contributed by atoms with E-state index in [9.17, 15) is 28.8 Å². The summed E-state index contributed by atoms with van der Waals surface area (Å²) in [6.45, 7) is 5.35. The van der Waals surface area contributed by atoms with Gasteiger partial charge in [0, 0.05) is 41.7 Å². The van der Waals surface area contributed by atoms with E-state index in [0.717, 1.165) is 20.8 Å². The van der Waals surface area contributed by atoms with E-state index in [-0.39, 0.29) is 12.2 Å². The lowest BCUT2D eigenvalue weighted by Gasteiger charge is -2.45. The number of hydrogen-bond donors (Lipinski definition) is 0. The van der Waals surface area contributed by atoms with Crippen molar-refractivity contribution >= 4 is 35.6 Å². The molecule has 212 valence electrons. The van der Waals surface area contributed by atoms with Gasteiger partial charge in [0.2, 0.25) is 0 Å². The van der Waals surface area contributed by atoms with Gasteiger partial charge in [-0.3, -0.25) is 28.8 Å². The minimum Gasteiger partial charge on any atom is -0.463 e. The summed E-state index contributed by atoms with van der Waals surface area (Å²) in [5.41, 5.74) is 0. The molecule has 10 atom stereocenters. The fourth-order valence-electron chi connectivity index (χ4n) is 5.20. The molecule has 0 aromatic heterocycles. The van der Waals surface area contributed by atoms with E-state index in [1.54, 1.807) is 0 Å². The van der Waals surface area contributed by atoms with Gasteiger partial charge in [0.05, 0.1) is 12.0 Å². The third-order valence-electron chi connectivity index (χ3n) is 6.44. The van der Waals surface area contributed by atoms with E-state index in [2.05, 4.69) is 0 Å². The molecule has 3 heterocycles. The molecule has 2 bridgehead atoms. The van der Waals surface area contributed by atoms with Crippen molar-refractivity contribution in [2.45, 2.75) is 96.0 Å². The predicted molar refractivity (Wildman–Crippen MR) is 120 cm³/mol. The summed E-state index contributed by atoms with van der Waals surface area (Å²) in [4.78, 5) is 72.3. The highest BCUT2D eigenvalue weighted by Gasteiger charge is 2.63. The number of carbonyl (C=O) groups excluding carboxylic acids is 6. The Hall–Kier alpha value is -3.10. The summed E-state index contributed by atoms with van der Waals surface area (Å²) >= 11 is 0. The largest absolute Gasteiger partial charge is 0.463 e. The molecule has 14 nitrogen and oxygen atoms in total. The predicted octanol–water partition coefficient (Wildman–Crippen LogP) is -0.585. The Bertz CT molecular complexity index is 962. The van der Waals surface area contributed by atoms with E-state index < -0.39 is 97.3 Å². The molecule has 0 aromatic rings. The molecule has 0 N–H and O–H groups in total. The summed E-state index contributed by atoms with van der Waals surface area (Å²) in [5.74, 6) is -4.73. The van der Waals surface area contributed by atoms with Crippen LogP contribution in [0.5, 0.6) is 0 Å². The van der Waals surface area contributed by atoms with Gasteiger partial charge in [-0.05, 0) is 6.42 Å². The third-order valence-corrected chi connectivity index (χ3v) is 6.44. The molecule has 0 aliphatic carbocycles. The summed E-state index contributed by atoms with van der Waals surface area (Å²) in [7, 11) is 1.37. The zero-order valence-corrected chi connectivity index (χ0v) is 21.9. The first-order chi connectivity index (χ1) is 17.8. The smallest absolute Gasteiger partial charge is 0.303 e. The highest BCUT2D eigenvalue weighted by atomic mass is 16.7. The molecule has 3 saturated heterocycles. The van der Waals surface area contributed by atoms with Gasteiger partial charge in [0.15, 0.2) is 30.2 Å². The molecular formula is C24H32O14. The van der Waals surface area contributed by atoms with Crippen LogP contribution in [0.25, 0.3) is 0 Å². The van der Waals surface area contributed by atoms with E-state index in [1.165, 1.54) is 21.0 Å². The summed E-state index contributed by atoms with van der Waals surface area (Å²) in [6.07, 6.45) is -9.90. The van der Waals surface area contributed by atoms with Crippen molar-refractivity contribution in [3.8, 4) is 0 Å². The number of methoxy groups -OCH3 is 1. The first-order valence-electron chi connectivity index (χ1n) is 12.0. The number of carbonyl (C=O) groups is 6. The molecule has 3 rings (SSSR count). The standard InChI is InChI=1S/C24H32O14/c1-9(25)32-8-16-20(34-11(3)27)24(36-13(5)29)19(33-10(2)26)15(37-16)7-14-17(30)21-22(31-6)23(18(14)38-21)35-12(4)28/h14-16,18-24H,7-8H2,1-6H3/t14-,15-,16-,18+,19+,20+,21-,22+,23-,24-/m1/s1. The molecule has 0 saturated carbocycles. The fourth-order valence-corrected chi connectivity index (χ4v) is 5.20. The minimum absolute atomic E-state index is 0.118. The van der Waals surface area contributed by atoms with Crippen LogP contribution >= 0.6 is 0 Å². The van der Waals surface area contributed by atoms with Gasteiger partial charge in [-0.25, -0.2) is 0 Å². The van der Waals surface area contributed by atoms with Crippen LogP contribution in [0.1, 0.15) is 41.0 Å². The molecular weight excluding hydrogens is 512 g/mol. The van der Waals surface area contributed by atoms with Gasteiger partial charge in [0.1, 0.15) is 31.0 Å². The molecule has 0 unspecified atom stereocenters. The van der Waals surface area contributed by atoms with Crippen LogP contribution in [-0.2, 0) is 66.7 Å². The van der Waals surface area contributed by atoms with Crippen LogP contribution < -0.4 is 0 Å². The first-order valence-corrected chi connectivity index (χ1v) is 12.0. The lowest BCUT2D eigenvalue weighted by atomic mass is 9.78. The maximum atomic E-state index is 13.2. The van der Waals surface area contributed by atoms with Crippen LogP contribution in [-0.4, -0.2) is 104 Å². The summed E-state index contributed by atoms with van der Waals surface area (Å²) < 4.78 is 43.9. The summed E-state index contributed by atoms with van der Waals surface area (Å²) in [6, 6.07) is 0. The fraction of sp³-hybridized carbons (Fsp3) is 0.750. The van der Waals surface area contributed by atoms with Crippen LogP contribution in [0.4, 0.5) is 0 Å². The second-order valence-corrected chi connectivity index (χ2v) is 9.28. The minimum atomic E-state index is -1.36. The molecule has 0 radical (unpaired) electrons. The monoisotopic (exact) mass is 544 g/mol. The number of hydrogen-bond acceptors (Lipinski definition) is 14. The SMILES string of the molecule is CO[C@@H]1[C@H](OC(C)=O)[C@H]2O[C@@H]1C(=O)[C@H]2C[C@H]1O[C@H](COC(C)=O)[C@H](OC(C)=O)[C@H](OC(C)=O)[C@H]1OC(C)=O. The molecule has 3 fully saturated rings. The lowest BCUT2D eigenvalue weighted by molar-refractivity contribution is -0.255. The Morgan fingerprint density at radius 1 is 0.658 bits per heavy atom. The quantitative estimate of drug-likeness (QED) is 0.266. The number of fused-ring (bicyclic) bond motifs is 2. The van der Waals surface area contributed by atoms with E-state index >= 15 is 0 Å². The maximum Gasteiger partial charge on any atom is 0.303 e. The lowest BCUT2D eigenvalue weighted by Crippen LogP contribution is -2.63. The van der Waals surface area contributed by atoms with Crippen LogP contribution in [0.15, 0.2) is 0 Å². The first kappa shape index (κ1) is 29.5. The molecule has 0 spiro atoms.